The van der Waals surface area contributed by atoms with Gasteiger partial charge in [-0.25, -0.2) is 4.79 Å². The average molecular weight is 328 g/mol. The van der Waals surface area contributed by atoms with Crippen LogP contribution in [-0.4, -0.2) is 21.6 Å². The number of aromatic carboxylic acids is 1. The maximum atomic E-state index is 12.3. The SMILES string of the molecule is CCn1cc(C)c(C(=O)O)c1CC(=O)Nc1ccc(C(C)C)cc1. The number of aryl methyl sites for hydroxylation is 2. The Labute approximate surface area is 142 Å². The number of rotatable bonds is 6. The van der Waals surface area contributed by atoms with Crippen LogP contribution < -0.4 is 5.32 Å². The molecule has 1 aromatic carbocycles. The third-order valence-corrected chi connectivity index (χ3v) is 4.12. The molecule has 24 heavy (non-hydrogen) atoms. The van der Waals surface area contributed by atoms with Gasteiger partial charge in [0.25, 0.3) is 0 Å². The van der Waals surface area contributed by atoms with E-state index in [0.29, 0.717) is 29.4 Å². The summed E-state index contributed by atoms with van der Waals surface area (Å²) in [6.45, 7) is 8.53. The molecule has 0 aliphatic rings. The van der Waals surface area contributed by atoms with E-state index in [1.165, 1.54) is 5.56 Å². The minimum absolute atomic E-state index is 0.0369. The molecule has 2 rings (SSSR count). The van der Waals surface area contributed by atoms with Crippen molar-refractivity contribution < 1.29 is 14.7 Å². The summed E-state index contributed by atoms with van der Waals surface area (Å²) in [6, 6.07) is 7.72. The van der Waals surface area contributed by atoms with Gasteiger partial charge in [0.15, 0.2) is 0 Å². The van der Waals surface area contributed by atoms with Gasteiger partial charge in [0.1, 0.15) is 0 Å². The van der Waals surface area contributed by atoms with E-state index in [0.717, 1.165) is 0 Å². The van der Waals surface area contributed by atoms with Crippen LogP contribution in [0.4, 0.5) is 5.69 Å². The smallest absolute Gasteiger partial charge is 0.337 e. The van der Waals surface area contributed by atoms with E-state index in [-0.39, 0.29) is 17.9 Å². The second-order valence-electron chi connectivity index (χ2n) is 6.23. The van der Waals surface area contributed by atoms with E-state index in [1.54, 1.807) is 13.1 Å². The van der Waals surface area contributed by atoms with Crippen molar-refractivity contribution in [1.82, 2.24) is 4.57 Å². The molecule has 0 aliphatic heterocycles. The minimum atomic E-state index is -0.996. The second kappa shape index (κ2) is 7.34. The van der Waals surface area contributed by atoms with Gasteiger partial charge < -0.3 is 15.0 Å². The zero-order valence-corrected chi connectivity index (χ0v) is 14.6. The van der Waals surface area contributed by atoms with Crippen molar-refractivity contribution in [3.63, 3.8) is 0 Å². The van der Waals surface area contributed by atoms with Crippen LogP contribution in [-0.2, 0) is 17.8 Å². The molecule has 2 N–H and O–H groups in total. The van der Waals surface area contributed by atoms with E-state index in [2.05, 4.69) is 19.2 Å². The fourth-order valence-electron chi connectivity index (χ4n) is 2.82. The molecule has 1 aromatic heterocycles. The molecule has 0 bridgehead atoms. The Morgan fingerprint density at radius 1 is 1.21 bits per heavy atom. The molecular formula is C19H24N2O3. The number of carbonyl (C=O) groups is 2. The van der Waals surface area contributed by atoms with Crippen LogP contribution in [0.1, 0.15) is 53.9 Å². The van der Waals surface area contributed by atoms with Crippen molar-refractivity contribution >= 4 is 17.6 Å². The summed E-state index contributed by atoms with van der Waals surface area (Å²) in [6.07, 6.45) is 1.82. The lowest BCUT2D eigenvalue weighted by Gasteiger charge is -2.10. The number of benzene rings is 1. The lowest BCUT2D eigenvalue weighted by atomic mass is 10.0. The number of anilines is 1. The normalized spacial score (nSPS) is 10.9. The number of carbonyl (C=O) groups excluding carboxylic acids is 1. The van der Waals surface area contributed by atoms with Crippen LogP contribution in [0.15, 0.2) is 30.5 Å². The number of carboxylic acid groups (broad SMARTS) is 1. The first kappa shape index (κ1) is 17.8. The largest absolute Gasteiger partial charge is 0.478 e. The number of hydrogen-bond acceptors (Lipinski definition) is 2. The third kappa shape index (κ3) is 3.85. The van der Waals surface area contributed by atoms with Gasteiger partial charge in [-0.1, -0.05) is 26.0 Å². The number of aromatic nitrogens is 1. The molecule has 0 radical (unpaired) electrons. The summed E-state index contributed by atoms with van der Waals surface area (Å²) in [5.74, 6) is -0.782. The molecule has 0 spiro atoms. The van der Waals surface area contributed by atoms with E-state index < -0.39 is 5.97 Å². The van der Waals surface area contributed by atoms with Crippen LogP contribution in [0.5, 0.6) is 0 Å². The molecule has 0 fully saturated rings. The van der Waals surface area contributed by atoms with Gasteiger partial charge in [-0.15, -0.1) is 0 Å². The van der Waals surface area contributed by atoms with Gasteiger partial charge >= 0.3 is 5.97 Å². The molecule has 0 saturated carbocycles. The van der Waals surface area contributed by atoms with Crippen molar-refractivity contribution in [3.05, 3.63) is 52.8 Å². The third-order valence-electron chi connectivity index (χ3n) is 4.12. The average Bonchev–Trinajstić information content (AvgIpc) is 2.83. The maximum Gasteiger partial charge on any atom is 0.337 e. The van der Waals surface area contributed by atoms with Crippen molar-refractivity contribution in [1.29, 1.82) is 0 Å². The van der Waals surface area contributed by atoms with E-state index in [1.807, 2.05) is 35.8 Å². The highest BCUT2D eigenvalue weighted by Crippen LogP contribution is 2.20. The molecule has 5 heteroatoms. The molecule has 0 unspecified atom stereocenters. The Kier molecular flexibility index (Phi) is 5.44. The molecule has 1 amide bonds. The monoisotopic (exact) mass is 328 g/mol. The lowest BCUT2D eigenvalue weighted by molar-refractivity contribution is -0.115. The standard InChI is InChI=1S/C19H24N2O3/c1-5-21-11-13(4)18(19(23)24)16(21)10-17(22)20-15-8-6-14(7-9-15)12(2)3/h6-9,11-12H,5,10H2,1-4H3,(H,20,22)(H,23,24). The molecule has 2 aromatic rings. The van der Waals surface area contributed by atoms with Gasteiger partial charge in [-0.05, 0) is 43.0 Å². The Hall–Kier alpha value is -2.56. The predicted octanol–water partition coefficient (Wildman–Crippen LogP) is 3.82. The first-order valence-electron chi connectivity index (χ1n) is 8.15. The number of carboxylic acids is 1. The summed E-state index contributed by atoms with van der Waals surface area (Å²) < 4.78 is 1.82. The van der Waals surface area contributed by atoms with E-state index >= 15 is 0 Å². The van der Waals surface area contributed by atoms with Crippen molar-refractivity contribution in [2.24, 2.45) is 0 Å². The van der Waals surface area contributed by atoms with Gasteiger partial charge in [0.05, 0.1) is 12.0 Å². The number of nitrogens with zero attached hydrogens (tertiary/aromatic N) is 1. The van der Waals surface area contributed by atoms with Crippen LogP contribution in [0, 0.1) is 6.92 Å². The molecule has 5 nitrogen and oxygen atoms in total. The zero-order chi connectivity index (χ0) is 17.9. The summed E-state index contributed by atoms with van der Waals surface area (Å²) in [4.78, 5) is 23.8. The number of hydrogen-bond donors (Lipinski definition) is 2. The minimum Gasteiger partial charge on any atom is -0.478 e. The van der Waals surface area contributed by atoms with Crippen molar-refractivity contribution in [2.75, 3.05) is 5.32 Å². The highest BCUT2D eigenvalue weighted by molar-refractivity contribution is 5.96. The number of nitrogens with one attached hydrogen (secondary N) is 1. The molecule has 128 valence electrons. The van der Waals surface area contributed by atoms with Crippen molar-refractivity contribution in [3.8, 4) is 0 Å². The molecule has 0 saturated heterocycles. The Morgan fingerprint density at radius 2 is 1.83 bits per heavy atom. The van der Waals surface area contributed by atoms with Crippen molar-refractivity contribution in [2.45, 2.75) is 46.6 Å². The van der Waals surface area contributed by atoms with Gasteiger partial charge in [-0.2, -0.15) is 0 Å². The highest BCUT2D eigenvalue weighted by Gasteiger charge is 2.20. The van der Waals surface area contributed by atoms with Crippen LogP contribution in [0.2, 0.25) is 0 Å². The summed E-state index contributed by atoms with van der Waals surface area (Å²) >= 11 is 0. The first-order valence-corrected chi connectivity index (χ1v) is 8.15. The van der Waals surface area contributed by atoms with E-state index in [4.69, 9.17) is 0 Å². The lowest BCUT2D eigenvalue weighted by Crippen LogP contribution is -2.18. The Bertz CT molecular complexity index is 743. The molecular weight excluding hydrogens is 304 g/mol. The highest BCUT2D eigenvalue weighted by atomic mass is 16.4. The summed E-state index contributed by atoms with van der Waals surface area (Å²) in [7, 11) is 0. The number of amides is 1. The first-order chi connectivity index (χ1) is 11.3. The molecule has 0 atom stereocenters. The molecule has 0 aliphatic carbocycles. The van der Waals surface area contributed by atoms with Crippen LogP contribution >= 0.6 is 0 Å². The molecule has 1 heterocycles. The quantitative estimate of drug-likeness (QED) is 0.847. The fourth-order valence-corrected chi connectivity index (χ4v) is 2.82. The van der Waals surface area contributed by atoms with Gasteiger partial charge in [-0.3, -0.25) is 4.79 Å². The van der Waals surface area contributed by atoms with Crippen LogP contribution in [0.25, 0.3) is 0 Å². The summed E-state index contributed by atoms with van der Waals surface area (Å²) in [5, 5.41) is 12.2. The topological polar surface area (TPSA) is 71.3 Å². The Balaban J connectivity index is 2.16. The van der Waals surface area contributed by atoms with E-state index in [9.17, 15) is 14.7 Å². The predicted molar refractivity (Wildman–Crippen MR) is 94.7 cm³/mol. The zero-order valence-electron chi connectivity index (χ0n) is 14.6. The second-order valence-corrected chi connectivity index (χ2v) is 6.23. The maximum absolute atomic E-state index is 12.3. The van der Waals surface area contributed by atoms with Gasteiger partial charge in [0, 0.05) is 24.1 Å². The fraction of sp³-hybridized carbons (Fsp3) is 0.368. The van der Waals surface area contributed by atoms with Crippen LogP contribution in [0.3, 0.4) is 0 Å². The Morgan fingerprint density at radius 3 is 2.33 bits per heavy atom. The summed E-state index contributed by atoms with van der Waals surface area (Å²) in [5.41, 5.74) is 3.36. The van der Waals surface area contributed by atoms with Gasteiger partial charge in [0.2, 0.25) is 5.91 Å².